The van der Waals surface area contributed by atoms with Crippen LogP contribution < -0.4 is 0 Å². The van der Waals surface area contributed by atoms with E-state index in [1.807, 2.05) is 6.07 Å². The van der Waals surface area contributed by atoms with Gasteiger partial charge in [-0.1, -0.05) is 54.6 Å². The van der Waals surface area contributed by atoms with Crippen LogP contribution in [0.5, 0.6) is 0 Å². The molecule has 0 saturated carbocycles. The summed E-state index contributed by atoms with van der Waals surface area (Å²) in [6.45, 7) is 1.63. The fraction of sp³-hybridized carbons (Fsp3) is 0.261. The molecule has 4 rings (SSSR count). The maximum Gasteiger partial charge on any atom is 0.306 e. The Balaban J connectivity index is 1.59. The van der Waals surface area contributed by atoms with Crippen LogP contribution in [-0.4, -0.2) is 29.1 Å². The van der Waals surface area contributed by atoms with E-state index in [9.17, 15) is 9.90 Å². The van der Waals surface area contributed by atoms with Gasteiger partial charge in [0.25, 0.3) is 0 Å². The van der Waals surface area contributed by atoms with Gasteiger partial charge in [-0.15, -0.1) is 0 Å². The number of carbonyl (C=O) groups is 1. The van der Waals surface area contributed by atoms with Gasteiger partial charge in [-0.3, -0.25) is 9.69 Å². The molecule has 0 spiro atoms. The highest BCUT2D eigenvalue weighted by atomic mass is 32.1. The summed E-state index contributed by atoms with van der Waals surface area (Å²) >= 11 is 1.71. The standard InChI is InChI=1S/C23H23NO2S/c25-23(26)20-10-13-24(14-11-20)22(21-12-15-27-16-21)19-8-6-18(7-9-19)17-4-2-1-3-5-17/h1-9,12,15-16,20,22H,10-11,13-14H2,(H,25,26). The number of hydrogen-bond acceptors (Lipinski definition) is 3. The molecule has 1 aromatic heterocycles. The van der Waals surface area contributed by atoms with Crippen LogP contribution in [0.2, 0.25) is 0 Å². The number of piperidine rings is 1. The minimum atomic E-state index is -0.658. The molecule has 27 heavy (non-hydrogen) atoms. The van der Waals surface area contributed by atoms with Crippen LogP contribution in [0.1, 0.15) is 30.0 Å². The Hall–Kier alpha value is -2.43. The molecule has 0 bridgehead atoms. The van der Waals surface area contributed by atoms with Gasteiger partial charge in [0, 0.05) is 0 Å². The predicted octanol–water partition coefficient (Wildman–Crippen LogP) is 5.30. The van der Waals surface area contributed by atoms with Crippen molar-refractivity contribution in [1.29, 1.82) is 0 Å². The summed E-state index contributed by atoms with van der Waals surface area (Å²) in [7, 11) is 0. The first-order chi connectivity index (χ1) is 13.2. The van der Waals surface area contributed by atoms with Crippen molar-refractivity contribution in [3.05, 3.63) is 82.6 Å². The average molecular weight is 378 g/mol. The molecule has 3 nitrogen and oxygen atoms in total. The molecule has 4 heteroatoms. The molecule has 1 unspecified atom stereocenters. The number of carboxylic acid groups (broad SMARTS) is 1. The van der Waals surface area contributed by atoms with E-state index in [-0.39, 0.29) is 12.0 Å². The van der Waals surface area contributed by atoms with Crippen molar-refractivity contribution in [3.63, 3.8) is 0 Å². The van der Waals surface area contributed by atoms with E-state index in [2.05, 4.69) is 70.3 Å². The third kappa shape index (κ3) is 3.97. The van der Waals surface area contributed by atoms with Gasteiger partial charge in [0.05, 0.1) is 12.0 Å². The second-order valence-electron chi connectivity index (χ2n) is 7.10. The van der Waals surface area contributed by atoms with Gasteiger partial charge in [0.15, 0.2) is 0 Å². The first-order valence-electron chi connectivity index (χ1n) is 9.37. The summed E-state index contributed by atoms with van der Waals surface area (Å²) in [5.74, 6) is -0.862. The fourth-order valence-corrected chi connectivity index (χ4v) is 4.62. The van der Waals surface area contributed by atoms with Gasteiger partial charge in [-0.05, 0) is 65.0 Å². The van der Waals surface area contributed by atoms with E-state index in [0.29, 0.717) is 0 Å². The molecule has 138 valence electrons. The number of likely N-dealkylation sites (tertiary alicyclic amines) is 1. The Morgan fingerprint density at radius 2 is 1.59 bits per heavy atom. The van der Waals surface area contributed by atoms with Crippen LogP contribution >= 0.6 is 11.3 Å². The normalized spacial score (nSPS) is 16.9. The quantitative estimate of drug-likeness (QED) is 0.656. The summed E-state index contributed by atoms with van der Waals surface area (Å²) in [6, 6.07) is 21.6. The molecule has 0 amide bonds. The molecule has 0 radical (unpaired) electrons. The average Bonchev–Trinajstić information content (AvgIpc) is 3.24. The van der Waals surface area contributed by atoms with Gasteiger partial charge >= 0.3 is 5.97 Å². The number of aliphatic carboxylic acids is 1. The number of benzene rings is 2. The molecule has 1 aliphatic rings. The Morgan fingerprint density at radius 3 is 2.19 bits per heavy atom. The zero-order chi connectivity index (χ0) is 18.6. The zero-order valence-electron chi connectivity index (χ0n) is 15.1. The Bertz CT molecular complexity index is 867. The van der Waals surface area contributed by atoms with Gasteiger partial charge in [-0.2, -0.15) is 11.3 Å². The van der Waals surface area contributed by atoms with E-state index in [1.165, 1.54) is 22.3 Å². The Labute approximate surface area is 163 Å². The smallest absolute Gasteiger partial charge is 0.306 e. The van der Waals surface area contributed by atoms with E-state index in [0.717, 1.165) is 25.9 Å². The second-order valence-corrected chi connectivity index (χ2v) is 7.88. The maximum atomic E-state index is 11.3. The van der Waals surface area contributed by atoms with E-state index < -0.39 is 5.97 Å². The second kappa shape index (κ2) is 8.07. The van der Waals surface area contributed by atoms with Crippen molar-refractivity contribution in [3.8, 4) is 11.1 Å². The van der Waals surface area contributed by atoms with E-state index >= 15 is 0 Å². The van der Waals surface area contributed by atoms with E-state index in [1.54, 1.807) is 11.3 Å². The van der Waals surface area contributed by atoms with E-state index in [4.69, 9.17) is 0 Å². The molecule has 3 aromatic rings. The van der Waals surface area contributed by atoms with Gasteiger partial charge < -0.3 is 5.11 Å². The summed E-state index contributed by atoms with van der Waals surface area (Å²) in [5, 5.41) is 13.6. The molecular weight excluding hydrogens is 354 g/mol. The van der Waals surface area contributed by atoms with Crippen molar-refractivity contribution >= 4 is 17.3 Å². The van der Waals surface area contributed by atoms with Crippen molar-refractivity contribution in [2.45, 2.75) is 18.9 Å². The fourth-order valence-electron chi connectivity index (χ4n) is 3.94. The summed E-state index contributed by atoms with van der Waals surface area (Å²) in [6.07, 6.45) is 1.44. The van der Waals surface area contributed by atoms with Crippen molar-refractivity contribution in [2.24, 2.45) is 5.92 Å². The molecule has 1 N–H and O–H groups in total. The largest absolute Gasteiger partial charge is 0.481 e. The van der Waals surface area contributed by atoms with Crippen LogP contribution in [0.15, 0.2) is 71.4 Å². The highest BCUT2D eigenvalue weighted by Gasteiger charge is 2.30. The first kappa shape index (κ1) is 18.0. The summed E-state index contributed by atoms with van der Waals surface area (Å²) < 4.78 is 0. The molecular formula is C23H23NO2S. The topological polar surface area (TPSA) is 40.5 Å². The lowest BCUT2D eigenvalue weighted by atomic mass is 9.91. The van der Waals surface area contributed by atoms with Crippen LogP contribution in [-0.2, 0) is 4.79 Å². The highest BCUT2D eigenvalue weighted by Crippen LogP contribution is 2.34. The Morgan fingerprint density at radius 1 is 0.926 bits per heavy atom. The van der Waals surface area contributed by atoms with Gasteiger partial charge in [0.1, 0.15) is 0 Å². The minimum absolute atomic E-state index is 0.191. The maximum absolute atomic E-state index is 11.3. The molecule has 1 fully saturated rings. The molecule has 2 aromatic carbocycles. The molecule has 1 atom stereocenters. The lowest BCUT2D eigenvalue weighted by Gasteiger charge is -2.36. The van der Waals surface area contributed by atoms with Crippen molar-refractivity contribution in [1.82, 2.24) is 4.90 Å². The highest BCUT2D eigenvalue weighted by molar-refractivity contribution is 7.08. The number of nitrogens with zero attached hydrogens (tertiary/aromatic N) is 1. The van der Waals surface area contributed by atoms with Crippen LogP contribution in [0.3, 0.4) is 0 Å². The number of rotatable bonds is 5. The van der Waals surface area contributed by atoms with Gasteiger partial charge in [0.2, 0.25) is 0 Å². The minimum Gasteiger partial charge on any atom is -0.481 e. The molecule has 0 aliphatic carbocycles. The lowest BCUT2D eigenvalue weighted by molar-refractivity contribution is -0.143. The number of thiophene rings is 1. The molecule has 1 saturated heterocycles. The van der Waals surface area contributed by atoms with Crippen LogP contribution in [0.25, 0.3) is 11.1 Å². The third-order valence-electron chi connectivity index (χ3n) is 5.44. The van der Waals surface area contributed by atoms with Crippen molar-refractivity contribution < 1.29 is 9.90 Å². The molecule has 2 heterocycles. The lowest BCUT2D eigenvalue weighted by Crippen LogP contribution is -2.39. The Kier molecular flexibility index (Phi) is 5.37. The first-order valence-corrected chi connectivity index (χ1v) is 10.3. The summed E-state index contributed by atoms with van der Waals surface area (Å²) in [5.41, 5.74) is 4.99. The third-order valence-corrected chi connectivity index (χ3v) is 6.14. The van der Waals surface area contributed by atoms with Crippen LogP contribution in [0.4, 0.5) is 0 Å². The zero-order valence-corrected chi connectivity index (χ0v) is 15.9. The number of hydrogen-bond donors (Lipinski definition) is 1. The van der Waals surface area contributed by atoms with Crippen molar-refractivity contribution in [2.75, 3.05) is 13.1 Å². The van der Waals surface area contributed by atoms with Gasteiger partial charge in [-0.25, -0.2) is 0 Å². The number of carboxylic acids is 1. The SMILES string of the molecule is O=C(O)C1CCN(C(c2ccc(-c3ccccc3)cc2)c2ccsc2)CC1. The summed E-state index contributed by atoms with van der Waals surface area (Å²) in [4.78, 5) is 13.7. The van der Waals surface area contributed by atoms with Crippen LogP contribution in [0, 0.1) is 5.92 Å². The molecule has 1 aliphatic heterocycles. The predicted molar refractivity (Wildman–Crippen MR) is 110 cm³/mol. The monoisotopic (exact) mass is 377 g/mol.